The highest BCUT2D eigenvalue weighted by atomic mass is 16.5. The van der Waals surface area contributed by atoms with E-state index in [-0.39, 0.29) is 11.3 Å². The maximum absolute atomic E-state index is 12.6. The van der Waals surface area contributed by atoms with E-state index in [2.05, 4.69) is 20.9 Å². The fourth-order valence-corrected chi connectivity index (χ4v) is 3.87. The molecule has 132 valence electrons. The predicted octanol–water partition coefficient (Wildman–Crippen LogP) is 1.99. The molecule has 0 unspecified atom stereocenters. The Morgan fingerprint density at radius 3 is 2.77 bits per heavy atom. The summed E-state index contributed by atoms with van der Waals surface area (Å²) in [6.45, 7) is 2.33. The number of aromatic nitrogens is 2. The first kappa shape index (κ1) is 16.3. The van der Waals surface area contributed by atoms with Crippen LogP contribution in [-0.2, 0) is 4.79 Å². The summed E-state index contributed by atoms with van der Waals surface area (Å²) < 4.78 is 5.18. The minimum atomic E-state index is -0.0663. The van der Waals surface area contributed by atoms with Crippen LogP contribution in [0, 0.1) is 16.7 Å². The number of rotatable bonds is 3. The number of ether oxygens (including phenoxy) is 1. The van der Waals surface area contributed by atoms with Crippen LogP contribution in [0.5, 0.6) is 5.88 Å². The van der Waals surface area contributed by atoms with Crippen LogP contribution in [0.25, 0.3) is 0 Å². The normalized spacial score (nSPS) is 22.1. The SMILES string of the molecule is COc1cc(N2CC[C@]3(CC(=O)N(c4ccc(C#N)cc4)C3)C2)ncn1. The number of nitrogens with zero attached hydrogens (tertiary/aromatic N) is 5. The van der Waals surface area contributed by atoms with Crippen molar-refractivity contribution in [3.8, 4) is 11.9 Å². The van der Waals surface area contributed by atoms with Crippen LogP contribution in [0.2, 0.25) is 0 Å². The molecule has 0 radical (unpaired) electrons. The molecule has 2 aliphatic rings. The number of methoxy groups -OCH3 is 1. The summed E-state index contributed by atoms with van der Waals surface area (Å²) >= 11 is 0. The molecular formula is C19H19N5O2. The Kier molecular flexibility index (Phi) is 3.96. The third kappa shape index (κ3) is 2.84. The van der Waals surface area contributed by atoms with E-state index in [4.69, 9.17) is 10.00 Å². The molecule has 3 heterocycles. The van der Waals surface area contributed by atoms with Crippen LogP contribution in [0.1, 0.15) is 18.4 Å². The fraction of sp³-hybridized carbons (Fsp3) is 0.368. The summed E-state index contributed by atoms with van der Waals surface area (Å²) in [4.78, 5) is 25.1. The summed E-state index contributed by atoms with van der Waals surface area (Å²) in [5, 5.41) is 8.93. The highest BCUT2D eigenvalue weighted by Gasteiger charge is 2.48. The zero-order chi connectivity index (χ0) is 18.1. The van der Waals surface area contributed by atoms with Gasteiger partial charge in [0.25, 0.3) is 0 Å². The molecule has 4 rings (SSSR count). The van der Waals surface area contributed by atoms with Crippen LogP contribution < -0.4 is 14.5 Å². The predicted molar refractivity (Wildman–Crippen MR) is 96.0 cm³/mol. The first-order chi connectivity index (χ1) is 12.6. The molecule has 2 fully saturated rings. The number of amides is 1. The van der Waals surface area contributed by atoms with Crippen LogP contribution >= 0.6 is 0 Å². The summed E-state index contributed by atoms with van der Waals surface area (Å²) in [6, 6.07) is 11.1. The van der Waals surface area contributed by atoms with Crippen LogP contribution in [0.3, 0.4) is 0 Å². The van der Waals surface area contributed by atoms with Crippen LogP contribution in [-0.4, -0.2) is 42.6 Å². The Balaban J connectivity index is 1.51. The summed E-state index contributed by atoms with van der Waals surface area (Å²) in [7, 11) is 1.59. The third-order valence-corrected chi connectivity index (χ3v) is 5.23. The first-order valence-electron chi connectivity index (χ1n) is 8.54. The van der Waals surface area contributed by atoms with E-state index in [1.54, 1.807) is 19.2 Å². The van der Waals surface area contributed by atoms with Gasteiger partial charge in [-0.2, -0.15) is 5.26 Å². The molecule has 1 spiro atoms. The lowest BCUT2D eigenvalue weighted by atomic mass is 9.86. The van der Waals surface area contributed by atoms with E-state index in [1.165, 1.54) is 6.33 Å². The molecular weight excluding hydrogens is 330 g/mol. The number of anilines is 2. The van der Waals surface area contributed by atoms with E-state index in [0.717, 1.165) is 31.0 Å². The van der Waals surface area contributed by atoms with E-state index < -0.39 is 0 Å². The Labute approximate surface area is 151 Å². The van der Waals surface area contributed by atoms with Crippen molar-refractivity contribution >= 4 is 17.4 Å². The molecule has 2 saturated heterocycles. The molecule has 26 heavy (non-hydrogen) atoms. The van der Waals surface area contributed by atoms with Gasteiger partial charge in [0.15, 0.2) is 0 Å². The van der Waals surface area contributed by atoms with Gasteiger partial charge in [-0.1, -0.05) is 0 Å². The molecule has 1 aromatic carbocycles. The summed E-state index contributed by atoms with van der Waals surface area (Å²) in [5.41, 5.74) is 1.39. The van der Waals surface area contributed by atoms with Gasteiger partial charge in [-0.25, -0.2) is 9.97 Å². The second-order valence-corrected chi connectivity index (χ2v) is 6.91. The largest absolute Gasteiger partial charge is 0.481 e. The van der Waals surface area contributed by atoms with Gasteiger partial charge in [0.1, 0.15) is 12.1 Å². The molecule has 1 atom stereocenters. The number of benzene rings is 1. The number of hydrogen-bond donors (Lipinski definition) is 0. The molecule has 2 aliphatic heterocycles. The monoisotopic (exact) mass is 349 g/mol. The van der Waals surface area contributed by atoms with Crippen molar-refractivity contribution in [3.05, 3.63) is 42.2 Å². The number of carbonyl (C=O) groups is 1. The van der Waals surface area contributed by atoms with Crippen LogP contribution in [0.4, 0.5) is 11.5 Å². The quantitative estimate of drug-likeness (QED) is 0.843. The molecule has 1 amide bonds. The van der Waals surface area contributed by atoms with E-state index in [1.807, 2.05) is 23.1 Å². The molecule has 0 aliphatic carbocycles. The lowest BCUT2D eigenvalue weighted by molar-refractivity contribution is -0.117. The Bertz CT molecular complexity index is 876. The van der Waals surface area contributed by atoms with Crippen molar-refractivity contribution in [2.45, 2.75) is 12.8 Å². The molecule has 0 bridgehead atoms. The molecule has 2 aromatic rings. The standard InChI is InChI=1S/C19H19N5O2/c1-26-17-8-16(21-13-22-17)23-7-6-19(11-23)9-18(25)24(12-19)15-4-2-14(10-20)3-5-15/h2-5,8,13H,6-7,9,11-12H2,1H3/t19-/m0/s1. The van der Waals surface area contributed by atoms with Gasteiger partial charge in [0, 0.05) is 43.2 Å². The second kappa shape index (κ2) is 6.30. The smallest absolute Gasteiger partial charge is 0.227 e. The fourth-order valence-electron chi connectivity index (χ4n) is 3.87. The van der Waals surface area contributed by atoms with Crippen molar-refractivity contribution in [2.24, 2.45) is 5.41 Å². The van der Waals surface area contributed by atoms with Crippen molar-refractivity contribution in [2.75, 3.05) is 36.5 Å². The Morgan fingerprint density at radius 2 is 2.04 bits per heavy atom. The Morgan fingerprint density at radius 1 is 1.23 bits per heavy atom. The van der Waals surface area contributed by atoms with Gasteiger partial charge in [-0.3, -0.25) is 4.79 Å². The maximum Gasteiger partial charge on any atom is 0.227 e. The van der Waals surface area contributed by atoms with E-state index in [9.17, 15) is 4.79 Å². The number of nitriles is 1. The van der Waals surface area contributed by atoms with Crippen molar-refractivity contribution in [3.63, 3.8) is 0 Å². The molecule has 7 heteroatoms. The van der Waals surface area contributed by atoms with E-state index in [0.29, 0.717) is 24.4 Å². The second-order valence-electron chi connectivity index (χ2n) is 6.91. The highest BCUT2D eigenvalue weighted by molar-refractivity contribution is 5.96. The summed E-state index contributed by atoms with van der Waals surface area (Å²) in [6.07, 6.45) is 2.98. The van der Waals surface area contributed by atoms with Crippen molar-refractivity contribution < 1.29 is 9.53 Å². The van der Waals surface area contributed by atoms with Crippen molar-refractivity contribution in [1.82, 2.24) is 9.97 Å². The lowest BCUT2D eigenvalue weighted by Gasteiger charge is -2.24. The van der Waals surface area contributed by atoms with Gasteiger partial charge in [-0.05, 0) is 30.7 Å². The minimum absolute atomic E-state index is 0.0663. The van der Waals surface area contributed by atoms with Gasteiger partial charge in [0.05, 0.1) is 18.7 Å². The maximum atomic E-state index is 12.6. The average molecular weight is 349 g/mol. The van der Waals surface area contributed by atoms with Gasteiger partial charge in [0.2, 0.25) is 11.8 Å². The molecule has 7 nitrogen and oxygen atoms in total. The topological polar surface area (TPSA) is 82.4 Å². The molecule has 1 aromatic heterocycles. The first-order valence-corrected chi connectivity index (χ1v) is 8.54. The zero-order valence-electron chi connectivity index (χ0n) is 14.6. The van der Waals surface area contributed by atoms with Crippen LogP contribution in [0.15, 0.2) is 36.7 Å². The Hall–Kier alpha value is -3.14. The molecule has 0 N–H and O–H groups in total. The van der Waals surface area contributed by atoms with E-state index >= 15 is 0 Å². The third-order valence-electron chi connectivity index (χ3n) is 5.23. The minimum Gasteiger partial charge on any atom is -0.481 e. The van der Waals surface area contributed by atoms with Crippen molar-refractivity contribution in [1.29, 1.82) is 5.26 Å². The van der Waals surface area contributed by atoms with Gasteiger partial charge < -0.3 is 14.5 Å². The zero-order valence-corrected chi connectivity index (χ0v) is 14.6. The van der Waals surface area contributed by atoms with Gasteiger partial charge >= 0.3 is 0 Å². The summed E-state index contributed by atoms with van der Waals surface area (Å²) in [5.74, 6) is 1.51. The number of hydrogen-bond acceptors (Lipinski definition) is 6. The number of carbonyl (C=O) groups excluding carboxylic acids is 1. The average Bonchev–Trinajstić information content (AvgIpc) is 3.25. The highest BCUT2D eigenvalue weighted by Crippen LogP contribution is 2.43. The molecule has 0 saturated carbocycles. The van der Waals surface area contributed by atoms with Gasteiger partial charge in [-0.15, -0.1) is 0 Å². The lowest BCUT2D eigenvalue weighted by Crippen LogP contribution is -2.31.